The molecule has 0 spiro atoms. The van der Waals surface area contributed by atoms with Gasteiger partial charge < -0.3 is 14.5 Å². The van der Waals surface area contributed by atoms with Crippen molar-refractivity contribution >= 4 is 5.97 Å². The molecule has 106 valence electrons. The van der Waals surface area contributed by atoms with Crippen molar-refractivity contribution in [1.82, 2.24) is 5.32 Å². The number of carbonyl (C=O) groups is 1. The second-order valence-corrected chi connectivity index (χ2v) is 4.72. The van der Waals surface area contributed by atoms with Gasteiger partial charge in [-0.25, -0.2) is 4.79 Å². The Bertz CT molecular complexity index is 589. The van der Waals surface area contributed by atoms with Gasteiger partial charge in [0.05, 0.1) is 13.7 Å². The minimum atomic E-state index is -0.455. The SMILES string of the molecule is COC(=O)c1ccc(CN[C@H](C)c2ccccc2C)o1. The van der Waals surface area contributed by atoms with Crippen molar-refractivity contribution in [2.75, 3.05) is 7.11 Å². The Labute approximate surface area is 118 Å². The first-order valence-corrected chi connectivity index (χ1v) is 6.57. The van der Waals surface area contributed by atoms with Gasteiger partial charge >= 0.3 is 5.97 Å². The third-order valence-corrected chi connectivity index (χ3v) is 3.29. The highest BCUT2D eigenvalue weighted by atomic mass is 16.5. The molecule has 2 aromatic rings. The van der Waals surface area contributed by atoms with Crippen LogP contribution in [0.3, 0.4) is 0 Å². The van der Waals surface area contributed by atoms with Gasteiger partial charge in [-0.05, 0) is 37.1 Å². The maximum atomic E-state index is 11.3. The van der Waals surface area contributed by atoms with E-state index in [1.807, 2.05) is 12.1 Å². The first kappa shape index (κ1) is 14.3. The zero-order valence-electron chi connectivity index (χ0n) is 12.0. The van der Waals surface area contributed by atoms with Crippen LogP contribution in [0.2, 0.25) is 0 Å². The average Bonchev–Trinajstić information content (AvgIpc) is 2.93. The van der Waals surface area contributed by atoms with E-state index < -0.39 is 5.97 Å². The number of carbonyl (C=O) groups excluding carboxylic acids is 1. The average molecular weight is 273 g/mol. The summed E-state index contributed by atoms with van der Waals surface area (Å²) < 4.78 is 10.0. The van der Waals surface area contributed by atoms with Crippen LogP contribution in [-0.4, -0.2) is 13.1 Å². The topological polar surface area (TPSA) is 51.5 Å². The van der Waals surface area contributed by atoms with Crippen LogP contribution >= 0.6 is 0 Å². The van der Waals surface area contributed by atoms with Gasteiger partial charge in [0.2, 0.25) is 5.76 Å². The summed E-state index contributed by atoms with van der Waals surface area (Å²) in [5.41, 5.74) is 2.51. The lowest BCUT2D eigenvalue weighted by Crippen LogP contribution is -2.18. The molecule has 4 nitrogen and oxygen atoms in total. The molecule has 1 aromatic heterocycles. The van der Waals surface area contributed by atoms with Crippen molar-refractivity contribution in [3.8, 4) is 0 Å². The summed E-state index contributed by atoms with van der Waals surface area (Å²) in [4.78, 5) is 11.3. The van der Waals surface area contributed by atoms with Gasteiger partial charge in [-0.2, -0.15) is 0 Å². The van der Waals surface area contributed by atoms with Crippen molar-refractivity contribution in [2.24, 2.45) is 0 Å². The molecule has 1 N–H and O–H groups in total. The lowest BCUT2D eigenvalue weighted by molar-refractivity contribution is 0.0563. The molecule has 1 heterocycles. The molecule has 0 aliphatic carbocycles. The molecule has 1 aromatic carbocycles. The Morgan fingerprint density at radius 3 is 2.75 bits per heavy atom. The molecule has 20 heavy (non-hydrogen) atoms. The Morgan fingerprint density at radius 2 is 2.05 bits per heavy atom. The number of ether oxygens (including phenoxy) is 1. The van der Waals surface area contributed by atoms with E-state index in [9.17, 15) is 4.79 Å². The number of hydrogen-bond donors (Lipinski definition) is 1. The molecule has 0 fully saturated rings. The van der Waals surface area contributed by atoms with Gasteiger partial charge in [-0.1, -0.05) is 24.3 Å². The van der Waals surface area contributed by atoms with Gasteiger partial charge in [0, 0.05) is 6.04 Å². The summed E-state index contributed by atoms with van der Waals surface area (Å²) >= 11 is 0. The number of furan rings is 1. The van der Waals surface area contributed by atoms with Crippen LogP contribution in [0, 0.1) is 6.92 Å². The lowest BCUT2D eigenvalue weighted by Gasteiger charge is -2.15. The van der Waals surface area contributed by atoms with Crippen LogP contribution in [0.1, 0.15) is 40.4 Å². The number of benzene rings is 1. The minimum absolute atomic E-state index is 0.211. The first-order chi connectivity index (χ1) is 9.61. The Morgan fingerprint density at radius 1 is 1.30 bits per heavy atom. The fourth-order valence-electron chi connectivity index (χ4n) is 2.12. The molecule has 0 unspecified atom stereocenters. The van der Waals surface area contributed by atoms with E-state index in [1.165, 1.54) is 18.2 Å². The zero-order chi connectivity index (χ0) is 14.5. The third-order valence-electron chi connectivity index (χ3n) is 3.29. The Hall–Kier alpha value is -2.07. The maximum Gasteiger partial charge on any atom is 0.373 e. The van der Waals surface area contributed by atoms with E-state index >= 15 is 0 Å². The van der Waals surface area contributed by atoms with E-state index in [1.54, 1.807) is 12.1 Å². The molecule has 0 saturated heterocycles. The third kappa shape index (κ3) is 3.27. The predicted octanol–water partition coefficient (Wildman–Crippen LogP) is 3.23. The molecule has 0 bridgehead atoms. The largest absolute Gasteiger partial charge is 0.463 e. The Balaban J connectivity index is 1.97. The quantitative estimate of drug-likeness (QED) is 0.850. The van der Waals surface area contributed by atoms with E-state index in [-0.39, 0.29) is 11.8 Å². The molecule has 0 amide bonds. The summed E-state index contributed by atoms with van der Waals surface area (Å²) in [6, 6.07) is 11.9. The minimum Gasteiger partial charge on any atom is -0.463 e. The number of hydrogen-bond acceptors (Lipinski definition) is 4. The van der Waals surface area contributed by atoms with Crippen molar-refractivity contribution in [3.63, 3.8) is 0 Å². The van der Waals surface area contributed by atoms with Crippen molar-refractivity contribution in [1.29, 1.82) is 0 Å². The van der Waals surface area contributed by atoms with E-state index in [4.69, 9.17) is 4.42 Å². The summed E-state index contributed by atoms with van der Waals surface area (Å²) in [6.45, 7) is 4.76. The summed E-state index contributed by atoms with van der Waals surface area (Å²) in [6.07, 6.45) is 0. The van der Waals surface area contributed by atoms with E-state index in [0.717, 1.165) is 0 Å². The van der Waals surface area contributed by atoms with Crippen LogP contribution in [0.4, 0.5) is 0 Å². The lowest BCUT2D eigenvalue weighted by atomic mass is 10.0. The molecule has 1 atom stereocenters. The fraction of sp³-hybridized carbons (Fsp3) is 0.312. The highest BCUT2D eigenvalue weighted by Gasteiger charge is 2.12. The van der Waals surface area contributed by atoms with Crippen LogP contribution < -0.4 is 5.32 Å². The van der Waals surface area contributed by atoms with Gasteiger partial charge in [0.1, 0.15) is 5.76 Å². The molecular weight excluding hydrogens is 254 g/mol. The molecule has 0 aliphatic rings. The molecule has 4 heteroatoms. The monoisotopic (exact) mass is 273 g/mol. The second-order valence-electron chi connectivity index (χ2n) is 4.72. The normalized spacial score (nSPS) is 12.2. The number of methoxy groups -OCH3 is 1. The fourth-order valence-corrected chi connectivity index (χ4v) is 2.12. The molecule has 0 radical (unpaired) electrons. The highest BCUT2D eigenvalue weighted by molar-refractivity contribution is 5.86. The second kappa shape index (κ2) is 6.39. The summed E-state index contributed by atoms with van der Waals surface area (Å²) in [7, 11) is 1.34. The van der Waals surface area contributed by atoms with E-state index in [0.29, 0.717) is 12.3 Å². The van der Waals surface area contributed by atoms with Crippen LogP contribution in [0.25, 0.3) is 0 Å². The van der Waals surface area contributed by atoms with Crippen LogP contribution in [0.15, 0.2) is 40.8 Å². The Kier molecular flexibility index (Phi) is 4.58. The number of aryl methyl sites for hydroxylation is 1. The predicted molar refractivity (Wildman–Crippen MR) is 76.5 cm³/mol. The molecular formula is C16H19NO3. The number of rotatable bonds is 5. The van der Waals surface area contributed by atoms with E-state index in [2.05, 4.69) is 36.0 Å². The zero-order valence-corrected chi connectivity index (χ0v) is 12.0. The number of nitrogens with one attached hydrogen (secondary N) is 1. The highest BCUT2D eigenvalue weighted by Crippen LogP contribution is 2.17. The summed E-state index contributed by atoms with van der Waals surface area (Å²) in [5, 5.41) is 3.38. The van der Waals surface area contributed by atoms with Gasteiger partial charge in [0.15, 0.2) is 0 Å². The first-order valence-electron chi connectivity index (χ1n) is 6.57. The molecule has 0 aliphatic heterocycles. The maximum absolute atomic E-state index is 11.3. The van der Waals surface area contributed by atoms with Gasteiger partial charge in [0.25, 0.3) is 0 Å². The van der Waals surface area contributed by atoms with Gasteiger partial charge in [-0.15, -0.1) is 0 Å². The van der Waals surface area contributed by atoms with Crippen molar-refractivity contribution in [3.05, 3.63) is 59.0 Å². The number of esters is 1. The van der Waals surface area contributed by atoms with Gasteiger partial charge in [-0.3, -0.25) is 0 Å². The molecule has 2 rings (SSSR count). The van der Waals surface area contributed by atoms with Crippen molar-refractivity contribution < 1.29 is 13.9 Å². The van der Waals surface area contributed by atoms with Crippen LogP contribution in [-0.2, 0) is 11.3 Å². The van der Waals surface area contributed by atoms with Crippen molar-refractivity contribution in [2.45, 2.75) is 26.4 Å². The smallest absolute Gasteiger partial charge is 0.373 e. The van der Waals surface area contributed by atoms with Crippen LogP contribution in [0.5, 0.6) is 0 Å². The molecule has 0 saturated carbocycles. The summed E-state index contributed by atoms with van der Waals surface area (Å²) in [5.74, 6) is 0.488. The standard InChI is InChI=1S/C16H19NO3/c1-11-6-4-5-7-14(11)12(2)17-10-13-8-9-15(20-13)16(18)19-3/h4-9,12,17H,10H2,1-3H3/t12-/m1/s1.